The number of hydrogen-bond donors (Lipinski definition) is 6. The van der Waals surface area contributed by atoms with E-state index in [1.807, 2.05) is 0 Å². The Morgan fingerprint density at radius 2 is 1.84 bits per heavy atom. The molecule has 0 radical (unpaired) electrons. The van der Waals surface area contributed by atoms with Crippen LogP contribution in [-0.4, -0.2) is 58.2 Å². The number of aliphatic hydroxyl groups excluding tert-OH is 2. The molecule has 0 unspecified atom stereocenters. The van der Waals surface area contributed by atoms with Gasteiger partial charge in [-0.15, -0.1) is 0 Å². The number of carbonyl (C=O) groups excluding carboxylic acids is 3. The van der Waals surface area contributed by atoms with Crippen LogP contribution in [0, 0.1) is 11.8 Å². The number of aromatic hydroxyl groups is 1. The van der Waals surface area contributed by atoms with Gasteiger partial charge in [0.05, 0.1) is 17.5 Å². The summed E-state index contributed by atoms with van der Waals surface area (Å²) >= 11 is 0. The van der Waals surface area contributed by atoms with E-state index in [1.165, 1.54) is 6.07 Å². The van der Waals surface area contributed by atoms with Gasteiger partial charge in [0.15, 0.2) is 11.4 Å². The maximum absolute atomic E-state index is 13.3. The minimum atomic E-state index is -3.71. The molecule has 1 aromatic carbocycles. The van der Waals surface area contributed by atoms with Crippen LogP contribution in [0.1, 0.15) is 28.8 Å². The number of nitrogens with one attached hydrogen (secondary N) is 1. The number of amides is 1. The lowest BCUT2D eigenvalue weighted by Crippen LogP contribution is -2.57. The Morgan fingerprint density at radius 3 is 2.44 bits per heavy atom. The molecule has 7 N–H and O–H groups in total. The summed E-state index contributed by atoms with van der Waals surface area (Å²) in [5.41, 5.74) is 1.34. The van der Waals surface area contributed by atoms with Crippen LogP contribution >= 0.6 is 0 Å². The van der Waals surface area contributed by atoms with Gasteiger partial charge in [0.2, 0.25) is 15.8 Å². The number of aliphatic hydroxyl groups is 3. The van der Waals surface area contributed by atoms with Crippen molar-refractivity contribution in [3.63, 3.8) is 0 Å². The Balaban J connectivity index is 1.90. The third-order valence-corrected chi connectivity index (χ3v) is 6.83. The second kappa shape index (κ2) is 6.81. The Morgan fingerprint density at radius 1 is 1.19 bits per heavy atom. The molecule has 0 saturated carbocycles. The van der Waals surface area contributed by atoms with E-state index in [0.717, 1.165) is 12.3 Å². The highest BCUT2D eigenvalue weighted by molar-refractivity contribution is 7.92. The first-order valence-electron chi connectivity index (χ1n) is 9.57. The molecule has 0 spiro atoms. The molecular formula is C20H20N2O9S. The Bertz CT molecular complexity index is 1280. The van der Waals surface area contributed by atoms with E-state index in [0.29, 0.717) is 0 Å². The number of allylic oxidation sites excluding steroid dienone is 2. The standard InChI is InChI=1S/C20H20N2O9S/c1-32(30,31)22-10-2-3-11(23)14-9(10)5-7-4-8-6-12(24)15(19(21)28)18(27)20(8,29)17(26)13(7)16(14)25/h2-3,7-8,22-24,26,29H,4-6H2,1H3,(H2,21,28)/t7-,8+,20+/m1/s1. The van der Waals surface area contributed by atoms with Crippen LogP contribution in [-0.2, 0) is 26.0 Å². The van der Waals surface area contributed by atoms with Crippen molar-refractivity contribution in [2.45, 2.75) is 24.9 Å². The highest BCUT2D eigenvalue weighted by atomic mass is 32.2. The number of ketones is 2. The molecule has 32 heavy (non-hydrogen) atoms. The molecule has 4 rings (SSSR count). The van der Waals surface area contributed by atoms with E-state index in [9.17, 15) is 43.2 Å². The maximum Gasteiger partial charge on any atom is 0.255 e. The van der Waals surface area contributed by atoms with Crippen LogP contribution in [0.5, 0.6) is 5.75 Å². The first-order valence-corrected chi connectivity index (χ1v) is 11.5. The van der Waals surface area contributed by atoms with Crippen molar-refractivity contribution in [3.05, 3.63) is 45.9 Å². The molecule has 1 amide bonds. The first-order chi connectivity index (χ1) is 14.8. The van der Waals surface area contributed by atoms with Gasteiger partial charge in [-0.3, -0.25) is 19.1 Å². The second-order valence-electron chi connectivity index (χ2n) is 8.27. The highest BCUT2D eigenvalue weighted by Gasteiger charge is 2.59. The number of nitrogens with two attached hydrogens (primary N) is 1. The smallest absolute Gasteiger partial charge is 0.255 e. The topological polar surface area (TPSA) is 204 Å². The van der Waals surface area contributed by atoms with Crippen LogP contribution in [0.2, 0.25) is 0 Å². The molecule has 3 atom stereocenters. The van der Waals surface area contributed by atoms with Crippen LogP contribution < -0.4 is 10.5 Å². The zero-order chi connectivity index (χ0) is 23.7. The van der Waals surface area contributed by atoms with Gasteiger partial charge in [0, 0.05) is 17.9 Å². The molecule has 1 aromatic rings. The molecule has 0 aliphatic heterocycles. The number of sulfonamides is 1. The first kappa shape index (κ1) is 21.8. The Labute approximate surface area is 181 Å². The van der Waals surface area contributed by atoms with Crippen molar-refractivity contribution in [1.29, 1.82) is 0 Å². The highest BCUT2D eigenvalue weighted by Crippen LogP contribution is 2.52. The summed E-state index contributed by atoms with van der Waals surface area (Å²) in [7, 11) is -3.71. The summed E-state index contributed by atoms with van der Waals surface area (Å²) < 4.78 is 25.7. The van der Waals surface area contributed by atoms with Gasteiger partial charge in [-0.1, -0.05) is 0 Å². The third-order valence-electron chi connectivity index (χ3n) is 6.24. The van der Waals surface area contributed by atoms with Crippen molar-refractivity contribution in [1.82, 2.24) is 0 Å². The number of anilines is 1. The van der Waals surface area contributed by atoms with Gasteiger partial charge in [0.1, 0.15) is 22.8 Å². The summed E-state index contributed by atoms with van der Waals surface area (Å²) in [5.74, 6) is -7.35. The molecule has 11 nitrogen and oxygen atoms in total. The van der Waals surface area contributed by atoms with Crippen molar-refractivity contribution in [2.24, 2.45) is 17.6 Å². The largest absolute Gasteiger partial charge is 0.511 e. The van der Waals surface area contributed by atoms with Crippen molar-refractivity contribution in [3.8, 4) is 5.75 Å². The monoisotopic (exact) mass is 464 g/mol. The van der Waals surface area contributed by atoms with Crippen LogP contribution in [0.4, 0.5) is 5.69 Å². The maximum atomic E-state index is 13.3. The predicted octanol–water partition coefficient (Wildman–Crippen LogP) is -0.0480. The lowest BCUT2D eigenvalue weighted by molar-refractivity contribution is -0.144. The fourth-order valence-corrected chi connectivity index (χ4v) is 5.51. The minimum absolute atomic E-state index is 0.000638. The number of carbonyl (C=O) groups is 3. The summed E-state index contributed by atoms with van der Waals surface area (Å²) in [4.78, 5) is 37.7. The zero-order valence-corrected chi connectivity index (χ0v) is 17.6. The van der Waals surface area contributed by atoms with Gasteiger partial charge in [-0.25, -0.2) is 8.42 Å². The van der Waals surface area contributed by atoms with Crippen LogP contribution in [0.25, 0.3) is 0 Å². The van der Waals surface area contributed by atoms with Crippen molar-refractivity contribution < 1.29 is 43.2 Å². The van der Waals surface area contributed by atoms with Crippen molar-refractivity contribution in [2.75, 3.05) is 11.0 Å². The normalized spacial score (nSPS) is 27.6. The predicted molar refractivity (Wildman–Crippen MR) is 109 cm³/mol. The molecule has 0 aromatic heterocycles. The van der Waals surface area contributed by atoms with Crippen molar-refractivity contribution >= 4 is 33.2 Å². The molecule has 0 bridgehead atoms. The van der Waals surface area contributed by atoms with E-state index in [-0.39, 0.29) is 41.6 Å². The number of fused-ring (bicyclic) bond motifs is 3. The second-order valence-corrected chi connectivity index (χ2v) is 10.0. The molecule has 0 heterocycles. The fraction of sp³-hybridized carbons (Fsp3) is 0.350. The van der Waals surface area contributed by atoms with Crippen LogP contribution in [0.3, 0.4) is 0 Å². The average molecular weight is 464 g/mol. The van der Waals surface area contributed by atoms with Gasteiger partial charge in [-0.2, -0.15) is 0 Å². The lowest BCUT2D eigenvalue weighted by Gasteiger charge is -2.45. The van der Waals surface area contributed by atoms with E-state index >= 15 is 0 Å². The number of Topliss-reactive ketones (excluding diaryl/α,β-unsaturated/α-hetero) is 2. The SMILES string of the molecule is CS(=O)(=O)Nc1ccc(O)c2c1C[C@H]1C[C@H]3CC(O)=C(C(N)=O)C(=O)[C@@]3(O)C(O)=C1C2=O. The summed E-state index contributed by atoms with van der Waals surface area (Å²) in [6, 6.07) is 2.41. The summed E-state index contributed by atoms with van der Waals surface area (Å²) in [5, 5.41) is 42.5. The quantitative estimate of drug-likeness (QED) is 0.262. The number of benzene rings is 1. The molecule has 3 aliphatic rings. The molecule has 0 saturated heterocycles. The average Bonchev–Trinajstić information content (AvgIpc) is 2.65. The van der Waals surface area contributed by atoms with Gasteiger partial charge < -0.3 is 26.2 Å². The van der Waals surface area contributed by atoms with E-state index in [4.69, 9.17) is 5.73 Å². The number of rotatable bonds is 3. The number of primary amides is 1. The zero-order valence-electron chi connectivity index (χ0n) is 16.7. The Kier molecular flexibility index (Phi) is 4.65. The molecule has 170 valence electrons. The number of hydrogen-bond acceptors (Lipinski definition) is 9. The molecule has 12 heteroatoms. The summed E-state index contributed by atoms with van der Waals surface area (Å²) in [6.07, 6.45) is 0.537. The lowest BCUT2D eigenvalue weighted by atomic mass is 9.60. The van der Waals surface area contributed by atoms with Gasteiger partial charge in [0.25, 0.3) is 5.91 Å². The molecular weight excluding hydrogens is 444 g/mol. The fourth-order valence-electron chi connectivity index (χ4n) is 4.91. The molecule has 3 aliphatic carbocycles. The Hall–Kier alpha value is -3.38. The van der Waals surface area contributed by atoms with E-state index in [2.05, 4.69) is 4.72 Å². The van der Waals surface area contributed by atoms with E-state index in [1.54, 1.807) is 0 Å². The number of phenolic OH excluding ortho intramolecular Hbond substituents is 1. The van der Waals surface area contributed by atoms with E-state index < -0.39 is 67.8 Å². The third kappa shape index (κ3) is 2.98. The molecule has 0 fully saturated rings. The van der Waals surface area contributed by atoms with Gasteiger partial charge in [-0.05, 0) is 36.5 Å². The minimum Gasteiger partial charge on any atom is -0.511 e. The number of phenols is 1. The van der Waals surface area contributed by atoms with Crippen LogP contribution in [0.15, 0.2) is 34.8 Å². The summed E-state index contributed by atoms with van der Waals surface area (Å²) in [6.45, 7) is 0. The van der Waals surface area contributed by atoms with Gasteiger partial charge >= 0.3 is 0 Å².